The van der Waals surface area contributed by atoms with Crippen molar-refractivity contribution in [3.05, 3.63) is 63.7 Å². The van der Waals surface area contributed by atoms with Gasteiger partial charge in [0.15, 0.2) is 0 Å². The number of hydrogen-bond donors (Lipinski definition) is 2. The molecule has 0 bridgehead atoms. The maximum absolute atomic E-state index is 13.1. The van der Waals surface area contributed by atoms with Gasteiger partial charge in [-0.2, -0.15) is 0 Å². The predicted octanol–water partition coefficient (Wildman–Crippen LogP) is 2.65. The van der Waals surface area contributed by atoms with Gasteiger partial charge in [-0.05, 0) is 68.1 Å². The van der Waals surface area contributed by atoms with Crippen LogP contribution < -0.4 is 20.8 Å². The van der Waals surface area contributed by atoms with Crippen molar-refractivity contribution in [2.24, 2.45) is 0 Å². The normalized spacial score (nSPS) is 22.9. The second kappa shape index (κ2) is 7.49. The minimum absolute atomic E-state index is 0.0813. The van der Waals surface area contributed by atoms with Crippen molar-refractivity contribution >= 4 is 34.1 Å². The molecule has 1 saturated heterocycles. The van der Waals surface area contributed by atoms with Crippen molar-refractivity contribution in [2.45, 2.75) is 44.7 Å². The molecule has 1 amide bonds. The van der Waals surface area contributed by atoms with Gasteiger partial charge in [0.2, 0.25) is 0 Å². The highest BCUT2D eigenvalue weighted by Crippen LogP contribution is 2.39. The number of nitrogens with one attached hydrogen (secondary N) is 2. The molecule has 5 nitrogen and oxygen atoms in total. The first-order valence-corrected chi connectivity index (χ1v) is 12.5. The van der Waals surface area contributed by atoms with Gasteiger partial charge in [0.25, 0.3) is 5.91 Å². The van der Waals surface area contributed by atoms with E-state index in [4.69, 9.17) is 0 Å². The minimum Gasteiger partial charge on any atom is -0.359 e. The average molecular weight is 439 g/mol. The Morgan fingerprint density at radius 3 is 2.85 bits per heavy atom. The molecular weight excluding hydrogens is 408 g/mol. The van der Waals surface area contributed by atoms with Gasteiger partial charge in [-0.1, -0.05) is 42.9 Å². The van der Waals surface area contributed by atoms with E-state index in [0.29, 0.717) is 6.54 Å². The van der Waals surface area contributed by atoms with E-state index in [1.807, 2.05) is 0 Å². The van der Waals surface area contributed by atoms with Gasteiger partial charge >= 0.3 is 0 Å². The summed E-state index contributed by atoms with van der Waals surface area (Å²) in [5.74, 6) is 0.0813. The van der Waals surface area contributed by atoms with Crippen molar-refractivity contribution in [1.82, 2.24) is 15.2 Å². The average Bonchev–Trinajstić information content (AvgIpc) is 3.52. The van der Waals surface area contributed by atoms with Crippen LogP contribution in [0.5, 0.6) is 0 Å². The second-order valence-corrected chi connectivity index (χ2v) is 9.92. The Bertz CT molecular complexity index is 1380. The summed E-state index contributed by atoms with van der Waals surface area (Å²) in [6.07, 6.45) is 21.4. The molecule has 2 N–H and O–H groups in total. The van der Waals surface area contributed by atoms with E-state index in [2.05, 4.69) is 62.6 Å². The minimum atomic E-state index is 0.0813. The summed E-state index contributed by atoms with van der Waals surface area (Å²) in [7, 11) is 0. The summed E-state index contributed by atoms with van der Waals surface area (Å²) in [6.45, 7) is 5.25. The van der Waals surface area contributed by atoms with Crippen LogP contribution in [-0.2, 0) is 13.0 Å². The largest absolute Gasteiger partial charge is 0.359 e. The number of rotatable bonds is 4. The highest BCUT2D eigenvalue weighted by Gasteiger charge is 2.37. The van der Waals surface area contributed by atoms with Crippen LogP contribution in [0.1, 0.15) is 47.2 Å². The topological polar surface area (TPSA) is 51.4 Å². The molecule has 0 spiro atoms. The number of likely N-dealkylation sites (tertiary alicyclic amines) is 1. The number of aromatic amines is 1. The zero-order valence-corrected chi connectivity index (χ0v) is 19.0. The number of amides is 1. The summed E-state index contributed by atoms with van der Waals surface area (Å²) < 4.78 is 0. The van der Waals surface area contributed by atoms with Gasteiger partial charge in [0, 0.05) is 29.0 Å². The van der Waals surface area contributed by atoms with Crippen molar-refractivity contribution in [3.63, 3.8) is 0 Å². The highest BCUT2D eigenvalue weighted by molar-refractivity contribution is 6.12. The fourth-order valence-electron chi connectivity index (χ4n) is 6.62. The number of benzene rings is 1. The first kappa shape index (κ1) is 19.4. The van der Waals surface area contributed by atoms with Crippen LogP contribution in [0.3, 0.4) is 0 Å². The van der Waals surface area contributed by atoms with Crippen LogP contribution in [0.25, 0.3) is 22.6 Å². The van der Waals surface area contributed by atoms with E-state index in [9.17, 15) is 4.79 Å². The number of allylic oxidation sites excluding steroid dienone is 4. The number of nitrogens with zero attached hydrogens (tertiary/aromatic N) is 2. The molecule has 1 fully saturated rings. The van der Waals surface area contributed by atoms with E-state index in [0.717, 1.165) is 36.7 Å². The number of carbonyl (C=O) groups is 1. The maximum atomic E-state index is 13.1. The van der Waals surface area contributed by atoms with E-state index in [1.165, 1.54) is 71.0 Å². The number of aromatic nitrogens is 1. The Hall–Kier alpha value is -3.05. The third-order valence-electron chi connectivity index (χ3n) is 8.07. The Morgan fingerprint density at radius 2 is 1.94 bits per heavy atom. The SMILES string of the molecule is O=C1NCc2c1c1c(c3[nH]c4c(c23)CC=CC=4)N(CCCN2CCCCC2)C2C=CC=CC=12. The van der Waals surface area contributed by atoms with Crippen LogP contribution >= 0.6 is 0 Å². The lowest BCUT2D eigenvalue weighted by atomic mass is 9.94. The Morgan fingerprint density at radius 1 is 1.03 bits per heavy atom. The lowest BCUT2D eigenvalue weighted by molar-refractivity contribution is 0.0965. The van der Waals surface area contributed by atoms with Gasteiger partial charge < -0.3 is 20.1 Å². The van der Waals surface area contributed by atoms with Gasteiger partial charge in [-0.25, -0.2) is 0 Å². The molecule has 0 radical (unpaired) electrons. The summed E-state index contributed by atoms with van der Waals surface area (Å²) in [4.78, 5) is 22.1. The summed E-state index contributed by atoms with van der Waals surface area (Å²) in [5.41, 5.74) is 7.15. The Labute approximate surface area is 193 Å². The maximum Gasteiger partial charge on any atom is 0.252 e. The smallest absolute Gasteiger partial charge is 0.252 e. The molecule has 168 valence electrons. The van der Waals surface area contributed by atoms with Gasteiger partial charge in [0.05, 0.1) is 22.8 Å². The molecule has 3 aliphatic heterocycles. The molecule has 0 saturated carbocycles. The van der Waals surface area contributed by atoms with E-state index in [-0.39, 0.29) is 11.9 Å². The quantitative estimate of drug-likeness (QED) is 0.772. The third-order valence-corrected chi connectivity index (χ3v) is 8.07. The number of H-pyrrole nitrogens is 1. The van der Waals surface area contributed by atoms with Crippen molar-refractivity contribution < 1.29 is 4.79 Å². The van der Waals surface area contributed by atoms with Crippen molar-refractivity contribution in [2.75, 3.05) is 31.1 Å². The zero-order chi connectivity index (χ0) is 21.9. The number of piperidine rings is 1. The Balaban J connectivity index is 1.40. The highest BCUT2D eigenvalue weighted by atomic mass is 16.1. The van der Waals surface area contributed by atoms with Crippen LogP contribution in [0.15, 0.2) is 36.5 Å². The lowest BCUT2D eigenvalue weighted by Gasteiger charge is -2.31. The van der Waals surface area contributed by atoms with Gasteiger partial charge in [-0.15, -0.1) is 0 Å². The molecule has 33 heavy (non-hydrogen) atoms. The summed E-state index contributed by atoms with van der Waals surface area (Å²) >= 11 is 0. The van der Waals surface area contributed by atoms with E-state index >= 15 is 0 Å². The first-order chi connectivity index (χ1) is 16.3. The first-order valence-electron chi connectivity index (χ1n) is 12.5. The van der Waals surface area contributed by atoms with Crippen molar-refractivity contribution in [3.8, 4) is 0 Å². The second-order valence-electron chi connectivity index (χ2n) is 9.92. The Kier molecular flexibility index (Phi) is 4.41. The molecule has 4 heterocycles. The van der Waals surface area contributed by atoms with E-state index in [1.54, 1.807) is 0 Å². The summed E-state index contributed by atoms with van der Waals surface area (Å²) in [5, 5.41) is 6.76. The predicted molar refractivity (Wildman–Crippen MR) is 134 cm³/mol. The molecular formula is C28H30N4O. The molecule has 1 aromatic carbocycles. The van der Waals surface area contributed by atoms with Crippen LogP contribution in [-0.4, -0.2) is 48.0 Å². The molecule has 2 aliphatic carbocycles. The molecule has 5 heteroatoms. The number of fused-ring (bicyclic) bond motifs is 9. The van der Waals surface area contributed by atoms with Gasteiger partial charge in [-0.3, -0.25) is 4.79 Å². The van der Waals surface area contributed by atoms with Crippen molar-refractivity contribution in [1.29, 1.82) is 0 Å². The molecule has 7 rings (SSSR count). The van der Waals surface area contributed by atoms with Crippen LogP contribution in [0.4, 0.5) is 5.69 Å². The number of hydrogen-bond acceptors (Lipinski definition) is 3. The van der Waals surface area contributed by atoms with Crippen LogP contribution in [0.2, 0.25) is 0 Å². The van der Waals surface area contributed by atoms with Crippen LogP contribution in [0, 0.1) is 0 Å². The number of carbonyl (C=O) groups excluding carboxylic acids is 1. The molecule has 2 aromatic rings. The number of anilines is 1. The lowest BCUT2D eigenvalue weighted by Crippen LogP contribution is -2.36. The molecule has 1 atom stereocenters. The monoisotopic (exact) mass is 438 g/mol. The van der Waals surface area contributed by atoms with Gasteiger partial charge in [0.1, 0.15) is 0 Å². The standard InChI is InChI=1S/C28H30N4O/c33-28-25-20(17-29-28)23-18-9-2-4-11-21(18)30-26(23)27-24(25)19-10-3-5-12-22(19)32(27)16-8-15-31-13-6-1-7-14-31/h2-5,10-12,22,30H,1,6-9,13-17H2,(H,29,33). The fourth-order valence-corrected chi connectivity index (χ4v) is 6.62. The molecule has 1 aromatic heterocycles. The fraction of sp³-hybridized carbons (Fsp3) is 0.393. The molecule has 5 aliphatic rings. The zero-order valence-electron chi connectivity index (χ0n) is 19.0. The van der Waals surface area contributed by atoms with E-state index < -0.39 is 0 Å². The third kappa shape index (κ3) is 2.85. The summed E-state index contributed by atoms with van der Waals surface area (Å²) in [6, 6.07) is 0.205. The molecule has 1 unspecified atom stereocenters.